The van der Waals surface area contributed by atoms with Crippen molar-refractivity contribution in [3.8, 4) is 0 Å². The smallest absolute Gasteiger partial charge is 0.338 e. The Kier molecular flexibility index (Phi) is 5.96. The molecule has 0 aliphatic rings. The van der Waals surface area contributed by atoms with Crippen LogP contribution in [0.5, 0.6) is 0 Å². The minimum Gasteiger partial charge on any atom is -0.452 e. The van der Waals surface area contributed by atoms with Crippen molar-refractivity contribution in [2.24, 2.45) is 0 Å². The molecule has 1 aromatic carbocycles. The molecular formula is C13H14N2O7S. The molecule has 0 fully saturated rings. The first kappa shape index (κ1) is 18.3. The molecule has 0 radical (unpaired) electrons. The van der Waals surface area contributed by atoms with Gasteiger partial charge in [0.25, 0.3) is 11.6 Å². The fraction of sp³-hybridized carbons (Fsp3) is 0.231. The van der Waals surface area contributed by atoms with Crippen molar-refractivity contribution in [1.82, 2.24) is 5.32 Å². The summed E-state index contributed by atoms with van der Waals surface area (Å²) in [7, 11) is -3.82. The maximum absolute atomic E-state index is 11.8. The third kappa shape index (κ3) is 5.18. The number of hydrogen-bond acceptors (Lipinski definition) is 7. The predicted octanol–water partition coefficient (Wildman–Crippen LogP) is 0.457. The van der Waals surface area contributed by atoms with Crippen molar-refractivity contribution in [3.63, 3.8) is 0 Å². The van der Waals surface area contributed by atoms with E-state index in [0.29, 0.717) is 0 Å². The molecule has 1 N–H and O–H groups in total. The van der Waals surface area contributed by atoms with Crippen LogP contribution in [-0.2, 0) is 19.4 Å². The average molecular weight is 342 g/mol. The third-order valence-electron chi connectivity index (χ3n) is 2.57. The van der Waals surface area contributed by atoms with Crippen LogP contribution in [0.3, 0.4) is 0 Å². The van der Waals surface area contributed by atoms with Gasteiger partial charge in [0.15, 0.2) is 16.4 Å². The molecule has 0 saturated carbocycles. The van der Waals surface area contributed by atoms with Gasteiger partial charge in [-0.25, -0.2) is 13.2 Å². The van der Waals surface area contributed by atoms with Crippen LogP contribution in [0.15, 0.2) is 35.7 Å². The number of nitro groups is 1. The number of benzene rings is 1. The highest BCUT2D eigenvalue weighted by Crippen LogP contribution is 2.25. The predicted molar refractivity (Wildman–Crippen MR) is 79.7 cm³/mol. The first-order chi connectivity index (χ1) is 10.7. The second kappa shape index (κ2) is 7.49. The SMILES string of the molecule is C=CCNC(=O)COC(=O)c1ccc(S(C)(=O)=O)c([N+](=O)[O-])c1. The van der Waals surface area contributed by atoms with E-state index in [1.54, 1.807) is 0 Å². The van der Waals surface area contributed by atoms with Gasteiger partial charge in [-0.1, -0.05) is 6.08 Å². The molecule has 1 amide bonds. The summed E-state index contributed by atoms with van der Waals surface area (Å²) >= 11 is 0. The molecule has 9 nitrogen and oxygen atoms in total. The molecular weight excluding hydrogens is 328 g/mol. The van der Waals surface area contributed by atoms with Crippen LogP contribution in [0.1, 0.15) is 10.4 Å². The summed E-state index contributed by atoms with van der Waals surface area (Å²) in [6.45, 7) is 3.02. The van der Waals surface area contributed by atoms with E-state index in [0.717, 1.165) is 24.5 Å². The number of ether oxygens (including phenoxy) is 1. The number of esters is 1. The molecule has 0 aromatic heterocycles. The van der Waals surface area contributed by atoms with Crippen LogP contribution in [0.25, 0.3) is 0 Å². The molecule has 1 aromatic rings. The van der Waals surface area contributed by atoms with E-state index in [1.807, 2.05) is 0 Å². The number of amides is 1. The van der Waals surface area contributed by atoms with Gasteiger partial charge in [0.1, 0.15) is 4.90 Å². The van der Waals surface area contributed by atoms with E-state index < -0.39 is 43.8 Å². The summed E-state index contributed by atoms with van der Waals surface area (Å²) in [4.78, 5) is 32.6. The van der Waals surface area contributed by atoms with Crippen LogP contribution in [0.4, 0.5) is 5.69 Å². The third-order valence-corrected chi connectivity index (χ3v) is 3.71. The van der Waals surface area contributed by atoms with Crippen molar-refractivity contribution in [1.29, 1.82) is 0 Å². The van der Waals surface area contributed by atoms with E-state index in [4.69, 9.17) is 0 Å². The zero-order valence-corrected chi connectivity index (χ0v) is 13.0. The lowest BCUT2D eigenvalue weighted by molar-refractivity contribution is -0.387. The Labute approximate surface area is 132 Å². The zero-order chi connectivity index (χ0) is 17.6. The Morgan fingerprint density at radius 3 is 2.61 bits per heavy atom. The van der Waals surface area contributed by atoms with E-state index >= 15 is 0 Å². The lowest BCUT2D eigenvalue weighted by Crippen LogP contribution is -2.28. The number of rotatable bonds is 7. The van der Waals surface area contributed by atoms with Gasteiger partial charge >= 0.3 is 5.97 Å². The van der Waals surface area contributed by atoms with Gasteiger partial charge in [-0.05, 0) is 12.1 Å². The highest BCUT2D eigenvalue weighted by Gasteiger charge is 2.24. The summed E-state index contributed by atoms with van der Waals surface area (Å²) < 4.78 is 27.6. The second-order valence-corrected chi connectivity index (χ2v) is 6.36. The fourth-order valence-electron chi connectivity index (χ4n) is 1.55. The fourth-order valence-corrected chi connectivity index (χ4v) is 2.38. The zero-order valence-electron chi connectivity index (χ0n) is 12.1. The van der Waals surface area contributed by atoms with Gasteiger partial charge in [0.2, 0.25) is 0 Å². The number of nitro benzene ring substituents is 1. The van der Waals surface area contributed by atoms with Crippen molar-refractivity contribution in [2.75, 3.05) is 19.4 Å². The minimum absolute atomic E-state index is 0.199. The highest BCUT2D eigenvalue weighted by atomic mass is 32.2. The standard InChI is InChI=1S/C13H14N2O7S/c1-3-6-14-12(16)8-22-13(17)9-4-5-11(23(2,20)21)10(7-9)15(18)19/h3-5,7H,1,6,8H2,2H3,(H,14,16). The molecule has 124 valence electrons. The minimum atomic E-state index is -3.82. The van der Waals surface area contributed by atoms with E-state index in [2.05, 4.69) is 16.6 Å². The van der Waals surface area contributed by atoms with Gasteiger partial charge in [-0.3, -0.25) is 14.9 Å². The molecule has 0 unspecified atom stereocenters. The lowest BCUT2D eigenvalue weighted by atomic mass is 10.2. The van der Waals surface area contributed by atoms with Crippen LogP contribution >= 0.6 is 0 Å². The molecule has 0 spiro atoms. The summed E-state index contributed by atoms with van der Waals surface area (Å²) in [5.74, 6) is -1.55. The maximum atomic E-state index is 11.8. The van der Waals surface area contributed by atoms with Gasteiger partial charge < -0.3 is 10.1 Å². The lowest BCUT2D eigenvalue weighted by Gasteiger charge is -2.06. The number of nitrogens with zero attached hydrogens (tertiary/aromatic N) is 1. The average Bonchev–Trinajstić information content (AvgIpc) is 2.48. The van der Waals surface area contributed by atoms with Crippen molar-refractivity contribution in [3.05, 3.63) is 46.5 Å². The molecule has 0 bridgehead atoms. The van der Waals surface area contributed by atoms with Gasteiger partial charge in [0, 0.05) is 18.9 Å². The summed E-state index contributed by atoms with van der Waals surface area (Å²) in [5, 5.41) is 13.3. The highest BCUT2D eigenvalue weighted by molar-refractivity contribution is 7.90. The van der Waals surface area contributed by atoms with Crippen molar-refractivity contribution >= 4 is 27.4 Å². The number of carbonyl (C=O) groups excluding carboxylic acids is 2. The Morgan fingerprint density at radius 2 is 2.09 bits per heavy atom. The molecule has 10 heteroatoms. The first-order valence-electron chi connectivity index (χ1n) is 6.20. The normalized spacial score (nSPS) is 10.7. The van der Waals surface area contributed by atoms with Gasteiger partial charge in [-0.2, -0.15) is 0 Å². The monoisotopic (exact) mass is 342 g/mol. The van der Waals surface area contributed by atoms with Crippen molar-refractivity contribution < 1.29 is 27.7 Å². The van der Waals surface area contributed by atoms with Crippen molar-refractivity contribution in [2.45, 2.75) is 4.90 Å². The van der Waals surface area contributed by atoms with Gasteiger partial charge in [-0.15, -0.1) is 6.58 Å². The van der Waals surface area contributed by atoms with Crippen LogP contribution in [0, 0.1) is 10.1 Å². The molecule has 0 aliphatic carbocycles. The van der Waals surface area contributed by atoms with E-state index in [-0.39, 0.29) is 12.1 Å². The summed E-state index contributed by atoms with van der Waals surface area (Å²) in [5.41, 5.74) is -0.973. The van der Waals surface area contributed by atoms with Gasteiger partial charge in [0.05, 0.1) is 10.5 Å². The topological polar surface area (TPSA) is 133 Å². The summed E-state index contributed by atoms with van der Waals surface area (Å²) in [6, 6.07) is 2.82. The van der Waals surface area contributed by atoms with E-state index in [1.165, 1.54) is 6.08 Å². The number of nitrogens with one attached hydrogen (secondary N) is 1. The molecule has 0 aliphatic heterocycles. The Hall–Kier alpha value is -2.75. The van der Waals surface area contributed by atoms with Crippen LogP contribution < -0.4 is 5.32 Å². The van der Waals surface area contributed by atoms with Crippen LogP contribution in [-0.4, -0.2) is 44.6 Å². The number of sulfone groups is 1. The van der Waals surface area contributed by atoms with Crippen LogP contribution in [0.2, 0.25) is 0 Å². The Bertz CT molecular complexity index is 756. The Balaban J connectivity index is 2.95. The molecule has 23 heavy (non-hydrogen) atoms. The first-order valence-corrected chi connectivity index (χ1v) is 8.09. The molecule has 1 rings (SSSR count). The summed E-state index contributed by atoms with van der Waals surface area (Å²) in [6.07, 6.45) is 2.25. The molecule has 0 saturated heterocycles. The number of hydrogen-bond donors (Lipinski definition) is 1. The maximum Gasteiger partial charge on any atom is 0.338 e. The number of carbonyl (C=O) groups is 2. The second-order valence-electron chi connectivity index (χ2n) is 4.38. The largest absolute Gasteiger partial charge is 0.452 e. The quantitative estimate of drug-likeness (QED) is 0.329. The van der Waals surface area contributed by atoms with E-state index in [9.17, 15) is 28.1 Å². The molecule has 0 heterocycles. The molecule has 0 atom stereocenters. The Morgan fingerprint density at radius 1 is 1.43 bits per heavy atom.